The van der Waals surface area contributed by atoms with Crippen molar-refractivity contribution in [3.05, 3.63) is 69.5 Å². The van der Waals surface area contributed by atoms with E-state index in [-0.39, 0.29) is 22.1 Å². The summed E-state index contributed by atoms with van der Waals surface area (Å²) >= 11 is 9.20. The van der Waals surface area contributed by atoms with Crippen LogP contribution in [-0.2, 0) is 6.18 Å². The summed E-state index contributed by atoms with van der Waals surface area (Å²) in [5.74, 6) is -0.323. The number of hydrogen-bond acceptors (Lipinski definition) is 3. The van der Waals surface area contributed by atoms with Gasteiger partial charge in [0, 0.05) is 16.2 Å². The molecule has 0 bridgehead atoms. The van der Waals surface area contributed by atoms with E-state index in [0.29, 0.717) is 5.82 Å². The molecule has 1 amide bonds. The van der Waals surface area contributed by atoms with Gasteiger partial charge in [0.25, 0.3) is 5.91 Å². The summed E-state index contributed by atoms with van der Waals surface area (Å²) in [5.41, 5.74) is -0.819. The Morgan fingerprint density at radius 3 is 2.58 bits per heavy atom. The smallest absolute Gasteiger partial charge is 0.416 e. The maximum atomic E-state index is 12.9. The zero-order chi connectivity index (χ0) is 18.9. The van der Waals surface area contributed by atoms with Crippen molar-refractivity contribution in [2.75, 3.05) is 5.32 Å². The molecule has 1 N–H and O–H groups in total. The van der Waals surface area contributed by atoms with Crippen LogP contribution in [0.3, 0.4) is 0 Å². The van der Waals surface area contributed by atoms with Crippen LogP contribution in [-0.4, -0.2) is 10.9 Å². The van der Waals surface area contributed by atoms with Crippen LogP contribution < -0.4 is 5.32 Å². The van der Waals surface area contributed by atoms with Crippen molar-refractivity contribution in [2.45, 2.75) is 6.18 Å². The molecule has 134 valence electrons. The molecule has 0 unspecified atom stereocenters. The number of anilines is 1. The predicted molar refractivity (Wildman–Crippen MR) is 94.0 cm³/mol. The summed E-state index contributed by atoms with van der Waals surface area (Å²) in [7, 11) is 0. The highest BCUT2D eigenvalue weighted by Gasteiger charge is 2.31. The highest BCUT2D eigenvalue weighted by atomic mass is 79.9. The fraction of sp³-hybridized carbons (Fsp3) is 0.0588. The molecule has 0 spiro atoms. The van der Waals surface area contributed by atoms with Crippen molar-refractivity contribution in [3.8, 4) is 11.3 Å². The molecule has 4 nitrogen and oxygen atoms in total. The number of halogens is 5. The monoisotopic (exact) mass is 444 g/mol. The minimum absolute atomic E-state index is 0.0438. The molecule has 2 aromatic heterocycles. The predicted octanol–water partition coefficient (Wildman–Crippen LogP) is 6.03. The third-order valence-corrected chi connectivity index (χ3v) is 4.16. The quantitative estimate of drug-likeness (QED) is 0.536. The number of benzene rings is 1. The molecular weight excluding hydrogens is 437 g/mol. The van der Waals surface area contributed by atoms with E-state index >= 15 is 0 Å². The van der Waals surface area contributed by atoms with Crippen molar-refractivity contribution in [3.63, 3.8) is 0 Å². The van der Waals surface area contributed by atoms with Crippen LogP contribution in [0.4, 0.5) is 19.0 Å². The van der Waals surface area contributed by atoms with Gasteiger partial charge in [-0.1, -0.05) is 11.6 Å². The van der Waals surface area contributed by atoms with Gasteiger partial charge >= 0.3 is 6.18 Å². The van der Waals surface area contributed by atoms with Crippen LogP contribution >= 0.6 is 27.5 Å². The van der Waals surface area contributed by atoms with Crippen molar-refractivity contribution in [1.29, 1.82) is 0 Å². The summed E-state index contributed by atoms with van der Waals surface area (Å²) in [6, 6.07) is 8.88. The van der Waals surface area contributed by atoms with Crippen molar-refractivity contribution >= 4 is 39.3 Å². The van der Waals surface area contributed by atoms with Crippen LogP contribution in [0.25, 0.3) is 11.3 Å². The lowest BCUT2D eigenvalue weighted by Gasteiger charge is -2.09. The van der Waals surface area contributed by atoms with Crippen molar-refractivity contribution in [2.24, 2.45) is 0 Å². The van der Waals surface area contributed by atoms with E-state index in [2.05, 4.69) is 26.2 Å². The molecule has 0 atom stereocenters. The third kappa shape index (κ3) is 4.08. The van der Waals surface area contributed by atoms with E-state index < -0.39 is 17.6 Å². The van der Waals surface area contributed by atoms with Crippen LogP contribution in [0.15, 0.2) is 57.6 Å². The number of nitrogens with one attached hydrogen (secondary N) is 1. The Morgan fingerprint density at radius 1 is 1.15 bits per heavy atom. The third-order valence-electron chi connectivity index (χ3n) is 3.36. The number of aromatic nitrogens is 1. The minimum atomic E-state index is -4.51. The summed E-state index contributed by atoms with van der Waals surface area (Å²) < 4.78 is 44.7. The highest BCUT2D eigenvalue weighted by Crippen LogP contribution is 2.36. The van der Waals surface area contributed by atoms with Crippen molar-refractivity contribution in [1.82, 2.24) is 4.98 Å². The van der Waals surface area contributed by atoms with Gasteiger partial charge in [-0.25, -0.2) is 4.98 Å². The van der Waals surface area contributed by atoms with Gasteiger partial charge in [-0.3, -0.25) is 4.79 Å². The second-order valence-electron chi connectivity index (χ2n) is 5.17. The van der Waals surface area contributed by atoms with Gasteiger partial charge in [-0.15, -0.1) is 0 Å². The number of pyridine rings is 1. The highest BCUT2D eigenvalue weighted by molar-refractivity contribution is 9.10. The summed E-state index contributed by atoms with van der Waals surface area (Å²) in [6.45, 7) is 0. The first-order chi connectivity index (χ1) is 12.2. The lowest BCUT2D eigenvalue weighted by atomic mass is 10.1. The minimum Gasteiger partial charge on any atom is -0.451 e. The number of rotatable bonds is 3. The Hall–Kier alpha value is -2.32. The Morgan fingerprint density at radius 2 is 1.92 bits per heavy atom. The van der Waals surface area contributed by atoms with Crippen LogP contribution in [0.5, 0.6) is 0 Å². The van der Waals surface area contributed by atoms with Crippen LogP contribution in [0, 0.1) is 0 Å². The Balaban J connectivity index is 1.85. The van der Waals surface area contributed by atoms with Crippen LogP contribution in [0.1, 0.15) is 16.1 Å². The number of carbonyl (C=O) groups is 1. The molecule has 0 aliphatic rings. The van der Waals surface area contributed by atoms with E-state index in [9.17, 15) is 18.0 Å². The maximum Gasteiger partial charge on any atom is 0.416 e. The first-order valence-corrected chi connectivity index (χ1v) is 8.31. The fourth-order valence-electron chi connectivity index (χ4n) is 2.12. The first kappa shape index (κ1) is 18.5. The van der Waals surface area contributed by atoms with Gasteiger partial charge in [0.2, 0.25) is 0 Å². The second-order valence-corrected chi connectivity index (χ2v) is 6.49. The molecule has 26 heavy (non-hydrogen) atoms. The molecular formula is C17H9BrClF3N2O2. The van der Waals surface area contributed by atoms with Gasteiger partial charge < -0.3 is 9.73 Å². The number of hydrogen-bond donors (Lipinski definition) is 1. The Labute approximate surface area is 159 Å². The zero-order valence-corrected chi connectivity index (χ0v) is 15.1. The first-order valence-electron chi connectivity index (χ1n) is 7.14. The van der Waals surface area contributed by atoms with Gasteiger partial charge in [0.1, 0.15) is 11.6 Å². The standard InChI is InChI=1S/C17H9BrClF3N2O2/c18-10-2-6-15(23-8-10)24-16(25)14-5-4-13(26-14)11-7-9(17(20,21)22)1-3-12(11)19/h1-8H,(H,23,24,25). The molecule has 0 saturated heterocycles. The molecule has 0 aliphatic heterocycles. The van der Waals surface area contributed by atoms with E-state index in [1.807, 2.05) is 0 Å². The molecule has 0 saturated carbocycles. The topological polar surface area (TPSA) is 55.1 Å². The number of amides is 1. The van der Waals surface area contributed by atoms with E-state index in [4.69, 9.17) is 16.0 Å². The van der Waals surface area contributed by atoms with E-state index in [1.165, 1.54) is 18.3 Å². The van der Waals surface area contributed by atoms with Gasteiger partial charge in [0.15, 0.2) is 5.76 Å². The largest absolute Gasteiger partial charge is 0.451 e. The lowest BCUT2D eigenvalue weighted by molar-refractivity contribution is -0.137. The molecule has 0 fully saturated rings. The maximum absolute atomic E-state index is 12.9. The van der Waals surface area contributed by atoms with Crippen LogP contribution in [0.2, 0.25) is 5.02 Å². The molecule has 9 heteroatoms. The number of nitrogens with zero attached hydrogens (tertiary/aromatic N) is 1. The normalized spacial score (nSPS) is 11.4. The summed E-state index contributed by atoms with van der Waals surface area (Å²) in [4.78, 5) is 16.2. The number of carbonyl (C=O) groups excluding carboxylic acids is 1. The van der Waals surface area contributed by atoms with Crippen molar-refractivity contribution < 1.29 is 22.4 Å². The molecule has 1 aromatic carbocycles. The zero-order valence-electron chi connectivity index (χ0n) is 12.8. The molecule has 3 aromatic rings. The molecule has 0 aliphatic carbocycles. The molecule has 3 rings (SSSR count). The fourth-order valence-corrected chi connectivity index (χ4v) is 2.57. The summed E-state index contributed by atoms with van der Waals surface area (Å²) in [6.07, 6.45) is -3.01. The SMILES string of the molecule is O=C(Nc1ccc(Br)cn1)c1ccc(-c2cc(C(F)(F)F)ccc2Cl)o1. The lowest BCUT2D eigenvalue weighted by Crippen LogP contribution is -2.11. The van der Waals surface area contributed by atoms with E-state index in [1.54, 1.807) is 12.1 Å². The Bertz CT molecular complexity index is 955. The molecule has 2 heterocycles. The Kier molecular flexibility index (Phi) is 5.06. The second kappa shape index (κ2) is 7.13. The number of furan rings is 1. The molecule has 0 radical (unpaired) electrons. The average Bonchev–Trinajstić information content (AvgIpc) is 3.06. The summed E-state index contributed by atoms with van der Waals surface area (Å²) in [5, 5.41) is 2.60. The van der Waals surface area contributed by atoms with E-state index in [0.717, 1.165) is 22.7 Å². The number of alkyl halides is 3. The average molecular weight is 446 g/mol. The van der Waals surface area contributed by atoms with Gasteiger partial charge in [-0.2, -0.15) is 13.2 Å². The van der Waals surface area contributed by atoms with Gasteiger partial charge in [0.05, 0.1) is 10.6 Å². The van der Waals surface area contributed by atoms with Gasteiger partial charge in [-0.05, 0) is 58.4 Å².